The second-order valence-corrected chi connectivity index (χ2v) is 2.42. The molecule has 1 heterocycles. The summed E-state index contributed by atoms with van der Waals surface area (Å²) >= 11 is 0. The van der Waals surface area contributed by atoms with Crippen LogP contribution in [-0.2, 0) is 0 Å². The molecule has 1 aliphatic rings. The minimum absolute atomic E-state index is 0.235. The average Bonchev–Trinajstić information content (AvgIpc) is 1.82. The molecule has 0 N–H and O–H groups in total. The predicted octanol–water partition coefficient (Wildman–Crippen LogP) is 1.80. The summed E-state index contributed by atoms with van der Waals surface area (Å²) in [7, 11) is 0. The van der Waals surface area contributed by atoms with E-state index < -0.39 is 11.9 Å². The van der Waals surface area contributed by atoms with Gasteiger partial charge in [-0.05, 0) is 12.5 Å². The van der Waals surface area contributed by atoms with Gasteiger partial charge in [0.1, 0.15) is 0 Å². The van der Waals surface area contributed by atoms with Crippen molar-refractivity contribution in [2.24, 2.45) is 0 Å². The van der Waals surface area contributed by atoms with E-state index in [2.05, 4.69) is 17.1 Å². The van der Waals surface area contributed by atoms with Gasteiger partial charge in [-0.1, -0.05) is 0 Å². The fourth-order valence-electron chi connectivity index (χ4n) is 0.838. The molecule has 0 bridgehead atoms. The van der Waals surface area contributed by atoms with Gasteiger partial charge in [-0.2, -0.15) is 13.2 Å². The molecular formula is C8H6F3N+. The molecule has 0 aromatic rings. The first kappa shape index (κ1) is 9.03. The molecule has 3 radical (unpaired) electrons. The minimum Gasteiger partial charge on any atom is -0.161 e. The van der Waals surface area contributed by atoms with Crippen LogP contribution in [0, 0.1) is 12.2 Å². The van der Waals surface area contributed by atoms with Gasteiger partial charge in [0.05, 0.1) is 17.1 Å². The fraction of sp³-hybridized carbons (Fsp3) is 0.375. The Balaban J connectivity index is 3.04. The highest BCUT2D eigenvalue weighted by Crippen LogP contribution is 2.19. The Kier molecular flexibility index (Phi) is 2.08. The Morgan fingerprint density at radius 2 is 1.75 bits per heavy atom. The molecule has 0 aliphatic carbocycles. The SMILES string of the molecule is CC1=[C]C(C(F)(F)F)=[N+]C(C)=[C]1. The van der Waals surface area contributed by atoms with Gasteiger partial charge < -0.3 is 0 Å². The van der Waals surface area contributed by atoms with Crippen molar-refractivity contribution in [3.05, 3.63) is 23.4 Å². The maximum Gasteiger partial charge on any atom is 0.485 e. The molecule has 0 saturated heterocycles. The normalized spacial score (nSPS) is 18.2. The lowest BCUT2D eigenvalue weighted by Gasteiger charge is -1.99. The number of aliphatic imine (C=N–C) groups is 1. The van der Waals surface area contributed by atoms with Gasteiger partial charge in [0.15, 0.2) is 0 Å². The summed E-state index contributed by atoms with van der Waals surface area (Å²) in [6, 6.07) is 0. The van der Waals surface area contributed by atoms with Crippen LogP contribution in [0.4, 0.5) is 13.2 Å². The number of rotatable bonds is 0. The van der Waals surface area contributed by atoms with E-state index in [1.165, 1.54) is 13.8 Å². The first-order valence-corrected chi connectivity index (χ1v) is 3.26. The van der Waals surface area contributed by atoms with E-state index in [0.717, 1.165) is 0 Å². The highest BCUT2D eigenvalue weighted by molar-refractivity contribution is 5.96. The van der Waals surface area contributed by atoms with Crippen LogP contribution in [0.25, 0.3) is 0 Å². The van der Waals surface area contributed by atoms with Crippen LogP contribution >= 0.6 is 0 Å². The number of alkyl halides is 3. The van der Waals surface area contributed by atoms with Crippen LogP contribution in [-0.4, -0.2) is 11.9 Å². The lowest BCUT2D eigenvalue weighted by Crippen LogP contribution is -2.27. The standard InChI is InChI=1S/C8H6F3N/c1-5-3-6(2)12-7(4-5)8(9,10)11/h1-2H3/q+1. The van der Waals surface area contributed by atoms with E-state index in [0.29, 0.717) is 5.57 Å². The quantitative estimate of drug-likeness (QED) is 0.530. The predicted molar refractivity (Wildman–Crippen MR) is 38.1 cm³/mol. The van der Waals surface area contributed by atoms with E-state index in [-0.39, 0.29) is 5.70 Å². The van der Waals surface area contributed by atoms with Crippen LogP contribution in [0.5, 0.6) is 0 Å². The Labute approximate surface area is 68.3 Å². The highest BCUT2D eigenvalue weighted by Gasteiger charge is 2.44. The molecule has 12 heavy (non-hydrogen) atoms. The molecule has 1 aliphatic heterocycles. The molecule has 63 valence electrons. The first-order chi connectivity index (χ1) is 5.39. The zero-order valence-electron chi connectivity index (χ0n) is 6.58. The van der Waals surface area contributed by atoms with Crippen molar-refractivity contribution in [3.63, 3.8) is 0 Å². The first-order valence-electron chi connectivity index (χ1n) is 3.26. The number of hydrogen-bond donors (Lipinski definition) is 0. The average molecular weight is 173 g/mol. The molecule has 0 aromatic carbocycles. The zero-order valence-corrected chi connectivity index (χ0v) is 6.58. The van der Waals surface area contributed by atoms with Crippen LogP contribution in [0.15, 0.2) is 11.3 Å². The minimum atomic E-state index is -4.41. The number of allylic oxidation sites excluding steroid dienone is 4. The molecule has 0 spiro atoms. The number of nitrogens with zero attached hydrogens (tertiary/aromatic N) is 1. The summed E-state index contributed by atoms with van der Waals surface area (Å²) in [4.78, 5) is 3.27. The molecule has 0 fully saturated rings. The molecule has 0 atom stereocenters. The maximum atomic E-state index is 12.0. The zero-order chi connectivity index (χ0) is 9.35. The smallest absolute Gasteiger partial charge is 0.161 e. The number of halogens is 3. The van der Waals surface area contributed by atoms with Gasteiger partial charge >= 0.3 is 11.9 Å². The molecular weight excluding hydrogens is 167 g/mol. The molecule has 0 aromatic heterocycles. The van der Waals surface area contributed by atoms with Crippen molar-refractivity contribution in [2.75, 3.05) is 0 Å². The van der Waals surface area contributed by atoms with Crippen molar-refractivity contribution in [2.45, 2.75) is 20.0 Å². The topological polar surface area (TPSA) is 14.1 Å². The van der Waals surface area contributed by atoms with E-state index in [9.17, 15) is 13.2 Å². The summed E-state index contributed by atoms with van der Waals surface area (Å²) in [5.74, 6) is 0. The summed E-state index contributed by atoms with van der Waals surface area (Å²) in [5, 5.41) is 0. The van der Waals surface area contributed by atoms with Crippen LogP contribution in [0.3, 0.4) is 0 Å². The summed E-state index contributed by atoms with van der Waals surface area (Å²) < 4.78 is 36.1. The highest BCUT2D eigenvalue weighted by atomic mass is 19.4. The molecule has 0 amide bonds. The van der Waals surface area contributed by atoms with Crippen molar-refractivity contribution in [1.29, 1.82) is 0 Å². The second-order valence-electron chi connectivity index (χ2n) is 2.42. The van der Waals surface area contributed by atoms with E-state index in [1.807, 2.05) is 0 Å². The van der Waals surface area contributed by atoms with E-state index in [1.54, 1.807) is 0 Å². The summed E-state index contributed by atoms with van der Waals surface area (Å²) in [5.41, 5.74) is -0.412. The van der Waals surface area contributed by atoms with E-state index >= 15 is 0 Å². The van der Waals surface area contributed by atoms with E-state index in [4.69, 9.17) is 0 Å². The second kappa shape index (κ2) is 2.77. The monoisotopic (exact) mass is 173 g/mol. The van der Waals surface area contributed by atoms with Crippen LogP contribution in [0.1, 0.15) is 13.8 Å². The Morgan fingerprint density at radius 1 is 1.17 bits per heavy atom. The lowest BCUT2D eigenvalue weighted by molar-refractivity contribution is -0.0587. The fourth-order valence-corrected chi connectivity index (χ4v) is 0.838. The largest absolute Gasteiger partial charge is 0.485 e. The third-order valence-electron chi connectivity index (χ3n) is 1.22. The maximum absolute atomic E-state index is 12.0. The molecule has 0 unspecified atom stereocenters. The van der Waals surface area contributed by atoms with Gasteiger partial charge in [-0.3, -0.25) is 0 Å². The number of hydrogen-bond acceptors (Lipinski definition) is 1. The van der Waals surface area contributed by atoms with Crippen molar-refractivity contribution in [3.8, 4) is 0 Å². The van der Waals surface area contributed by atoms with Crippen molar-refractivity contribution < 1.29 is 13.2 Å². The molecule has 4 heteroatoms. The summed E-state index contributed by atoms with van der Waals surface area (Å²) in [6.07, 6.45) is 0.300. The Bertz CT molecular complexity index is 278. The van der Waals surface area contributed by atoms with Gasteiger partial charge in [-0.25, -0.2) is 0 Å². The lowest BCUT2D eigenvalue weighted by atomic mass is 10.1. The molecule has 0 saturated carbocycles. The van der Waals surface area contributed by atoms with Gasteiger partial charge in [-0.15, -0.1) is 0 Å². The van der Waals surface area contributed by atoms with Crippen molar-refractivity contribution >= 4 is 5.71 Å². The third kappa shape index (κ3) is 1.96. The van der Waals surface area contributed by atoms with Gasteiger partial charge in [0, 0.05) is 6.92 Å². The Morgan fingerprint density at radius 3 is 2.17 bits per heavy atom. The Hall–Kier alpha value is -1.06. The summed E-state index contributed by atoms with van der Waals surface area (Å²) in [6.45, 7) is 2.97. The van der Waals surface area contributed by atoms with Gasteiger partial charge in [0.2, 0.25) is 0 Å². The molecule has 1 rings (SSSR count). The van der Waals surface area contributed by atoms with Crippen molar-refractivity contribution in [1.82, 2.24) is 4.99 Å². The van der Waals surface area contributed by atoms with Crippen LogP contribution in [0.2, 0.25) is 0 Å². The van der Waals surface area contributed by atoms with Crippen LogP contribution < -0.4 is 4.99 Å². The van der Waals surface area contributed by atoms with Gasteiger partial charge in [0.25, 0.3) is 5.70 Å². The third-order valence-corrected chi connectivity index (χ3v) is 1.22. The molecule has 1 nitrogen and oxygen atoms in total.